The van der Waals surface area contributed by atoms with E-state index in [1.165, 1.54) is 13.0 Å². The van der Waals surface area contributed by atoms with Crippen molar-refractivity contribution in [1.82, 2.24) is 35.2 Å². The molecule has 4 N–H and O–H groups in total. The first kappa shape index (κ1) is 88.6. The van der Waals surface area contributed by atoms with Crippen LogP contribution in [-0.2, 0) is 49.7 Å². The van der Waals surface area contributed by atoms with Crippen molar-refractivity contribution in [3.8, 4) is 0 Å². The monoisotopic (exact) mass is 1360 g/mol. The fourth-order valence-electron chi connectivity index (χ4n) is 4.94. The summed E-state index contributed by atoms with van der Waals surface area (Å²) in [6.45, 7) is 59.7. The molecule has 37 nitrogen and oxygen atoms in total. The second-order valence-electron chi connectivity index (χ2n) is 13.9. The Hall–Kier alpha value is -9.58. The smallest absolute Gasteiger partial charge is 0.848 e. The van der Waals surface area contributed by atoms with Crippen LogP contribution in [0.15, 0.2) is 53.9 Å². The van der Waals surface area contributed by atoms with E-state index in [4.69, 9.17) is 64.6 Å². The number of alkyl halides is 3. The van der Waals surface area contributed by atoms with Gasteiger partial charge < -0.3 is 99.2 Å². The predicted octanol–water partition coefficient (Wildman–Crippen LogP) is -9.57. The number of aliphatic imine (C=N–C) groups is 3. The number of imidazole rings is 3. The van der Waals surface area contributed by atoms with Crippen molar-refractivity contribution < 1.29 is 191 Å². The van der Waals surface area contributed by atoms with Crippen molar-refractivity contribution >= 4 is 129 Å². The predicted molar refractivity (Wildman–Crippen MR) is 274 cm³/mol. The maximum atomic E-state index is 13.5. The van der Waals surface area contributed by atoms with Crippen LogP contribution in [0.25, 0.3) is 63.2 Å². The van der Waals surface area contributed by atoms with E-state index >= 15 is 0 Å². The van der Waals surface area contributed by atoms with Crippen LogP contribution in [-0.4, -0.2) is 129 Å². The summed E-state index contributed by atoms with van der Waals surface area (Å²) < 4.78 is 222. The Bertz CT molecular complexity index is 4600. The minimum Gasteiger partial charge on any atom is -0.848 e. The summed E-state index contributed by atoms with van der Waals surface area (Å²) >= 11 is 0. The number of ether oxygens (including phenoxy) is 1. The summed E-state index contributed by atoms with van der Waals surface area (Å²) in [5.74, 6) is -18.6. The first-order valence-electron chi connectivity index (χ1n) is 20.6. The van der Waals surface area contributed by atoms with E-state index in [9.17, 15) is 82.9 Å². The van der Waals surface area contributed by atoms with Crippen LogP contribution < -0.4 is 110 Å². The van der Waals surface area contributed by atoms with Gasteiger partial charge in [0.15, 0.2) is 46.0 Å². The Morgan fingerprint density at radius 2 is 0.979 bits per heavy atom. The van der Waals surface area contributed by atoms with Gasteiger partial charge in [0.1, 0.15) is 17.5 Å². The van der Waals surface area contributed by atoms with Crippen LogP contribution in [0, 0.1) is 88.2 Å². The summed E-state index contributed by atoms with van der Waals surface area (Å²) in [7, 11) is -19.0. The molecule has 0 amide bonds. The second kappa shape index (κ2) is 37.8. The number of guanidine groups is 2. The molecule has 94 heavy (non-hydrogen) atoms. The van der Waals surface area contributed by atoms with Gasteiger partial charge in [0.05, 0.1) is 18.9 Å². The number of allylic oxidation sites excluding steroid dienone is 2. The number of nitrogens with zero attached hydrogens (tertiary/aromatic N) is 21. The van der Waals surface area contributed by atoms with E-state index in [1.54, 1.807) is 0 Å². The van der Waals surface area contributed by atoms with Crippen molar-refractivity contribution in [1.29, 1.82) is 0 Å². The fraction of sp³-hybridized carbons (Fsp3) is 0.103. The molecule has 3 aliphatic rings. The summed E-state index contributed by atoms with van der Waals surface area (Å²) in [5.41, 5.74) is -6.06. The zero-order chi connectivity index (χ0) is 67.6. The number of hydrogen-bond acceptors (Lipinski definition) is 15. The Labute approximate surface area is 581 Å². The zero-order valence-corrected chi connectivity index (χ0v) is 50.2. The summed E-state index contributed by atoms with van der Waals surface area (Å²) in [5, 5.41) is 33.1. The summed E-state index contributed by atoms with van der Waals surface area (Å²) in [6.07, 6.45) is 2.15. The molecule has 0 aliphatic carbocycles. The molecular formula is C39H13F9Li5N25O12S4. The van der Waals surface area contributed by atoms with E-state index in [1.807, 2.05) is 10.3 Å². The van der Waals surface area contributed by atoms with Gasteiger partial charge in [0.25, 0.3) is 21.7 Å². The number of aromatic amines is 3. The SMILES string of the molecule is [C-]#[N+]C1=NC(=NS(=O)(=O)c2c(F)c(F)c(F)c(F)c2F)NC1=C=[N-].[C-]#[N+]C1=NC(=[N+]2C([O-])=CC=C2[O-])N=C1[N+]#[C-].[C-]#[N+]c1nc([N-]S(=O)(=O)C(F)(F)F)[nH]c1[N+]#[C-].[C-]#[N+]c1nc([N-]S(=O)(=O)F)[nH]c1[N+]#[C-].[C-]#[N+]c1nc([N-]S(=O)(=O)OCCOC)[nH]c1[N+]#[C-].[Li+].[Li+].[Li+].[Li+].[Li+]. The quantitative estimate of drug-likeness (QED) is 0.0118. The van der Waals surface area contributed by atoms with Crippen LogP contribution in [0.5, 0.6) is 0 Å². The standard InChI is InChI=1S/C11HF5N5O2S.C9H2N5O2.C8H8N5O4S.C6HF3N5O2S.C5HFN5O2S.5Li/c1-18-10-3(2-17)19-11(20-10)21-24(22,23)9-7(15)5(13)4(12)6(14)8(9)16;1-10-7-8(11-2)13-9(12-7)14-5(15)3-4-6(14)16;1-9-6-7(10-2)12-8(11-6)13-18(14,15)17-5-4-16-3;1-10-3-4(11-2)13-5(12-3)14-17(15,16)6(7,8)9;1-7-3-4(8-2)10-5(9-3)11-14(6,12)13;;;;;/h(H,19,21);3-4H;4-5H2,3H3,(H-,11,12,13);(H-,12,13,14);(H-,9,10,11);;;;;/q5*-1;5*+1. The van der Waals surface area contributed by atoms with Gasteiger partial charge in [-0.15, -0.1) is 4.99 Å². The van der Waals surface area contributed by atoms with Gasteiger partial charge in [-0.25, -0.2) is 49.1 Å². The van der Waals surface area contributed by atoms with E-state index < -0.39 is 133 Å². The van der Waals surface area contributed by atoms with E-state index in [0.717, 1.165) is 12.2 Å². The van der Waals surface area contributed by atoms with Crippen LogP contribution in [0.2, 0.25) is 0 Å². The molecule has 4 aromatic rings. The average Bonchev–Trinajstić information content (AvgIpc) is 1.08. The summed E-state index contributed by atoms with van der Waals surface area (Å²) in [4.78, 5) is 50.3. The molecule has 1 aromatic carbocycles. The molecule has 7 rings (SSSR count). The molecule has 3 aromatic heterocycles. The Morgan fingerprint density at radius 1 is 0.596 bits per heavy atom. The van der Waals surface area contributed by atoms with Crippen molar-refractivity contribution in [2.24, 2.45) is 19.4 Å². The molecule has 458 valence electrons. The molecule has 0 saturated heterocycles. The number of sulfonamides is 2. The van der Waals surface area contributed by atoms with Crippen LogP contribution in [0.4, 0.5) is 91.8 Å². The number of aromatic nitrogens is 6. The van der Waals surface area contributed by atoms with E-state index in [-0.39, 0.29) is 154 Å². The Morgan fingerprint density at radius 3 is 1.30 bits per heavy atom. The maximum absolute atomic E-state index is 13.5. The van der Waals surface area contributed by atoms with Crippen molar-refractivity contribution in [2.45, 2.75) is 10.4 Å². The minimum atomic E-state index is -5.75. The van der Waals surface area contributed by atoms with Crippen LogP contribution in [0.1, 0.15) is 0 Å². The van der Waals surface area contributed by atoms with Crippen molar-refractivity contribution in [3.05, 3.63) is 181 Å². The van der Waals surface area contributed by atoms with Gasteiger partial charge in [0, 0.05) is 18.9 Å². The number of nitrogens with one attached hydrogen (secondary N) is 4. The Balaban J connectivity index is -0.00000110. The van der Waals surface area contributed by atoms with Crippen molar-refractivity contribution in [2.75, 3.05) is 20.3 Å². The molecule has 3 aliphatic heterocycles. The molecular weight excluding hydrogens is 1340 g/mol. The molecule has 0 bridgehead atoms. The van der Waals surface area contributed by atoms with Gasteiger partial charge in [-0.05, 0) is 12.2 Å². The number of benzene rings is 1. The average molecular weight is 1360 g/mol. The largest absolute Gasteiger partial charge is 1.00 e. The number of hydrogen-bond donors (Lipinski definition) is 4. The minimum absolute atomic E-state index is 0. The molecule has 6 heterocycles. The topological polar surface area (TPSA) is 456 Å². The second-order valence-corrected chi connectivity index (χ2v) is 19.3. The van der Waals surface area contributed by atoms with Gasteiger partial charge >= 0.3 is 148 Å². The number of amidine groups is 3. The van der Waals surface area contributed by atoms with Gasteiger partial charge in [-0.3, -0.25) is 10.1 Å². The molecule has 0 saturated carbocycles. The number of rotatable bonds is 12. The third-order valence-corrected chi connectivity index (χ3v) is 11.9. The van der Waals surface area contributed by atoms with Gasteiger partial charge in [-0.2, -0.15) is 38.4 Å². The molecule has 0 radical (unpaired) electrons. The number of halogens is 9. The third kappa shape index (κ3) is 23.5. The van der Waals surface area contributed by atoms with E-state index in [2.05, 4.69) is 111 Å². The van der Waals surface area contributed by atoms with Gasteiger partial charge in [0.2, 0.25) is 23.3 Å². The fourth-order valence-corrected chi connectivity index (χ4v) is 7.31. The normalized spacial score (nSPS) is 12.8. The zero-order valence-electron chi connectivity index (χ0n) is 46.9. The molecule has 0 spiro atoms. The molecule has 55 heteroatoms. The van der Waals surface area contributed by atoms with Crippen molar-refractivity contribution in [3.63, 3.8) is 0 Å². The molecule has 0 unspecified atom stereocenters. The third-order valence-electron chi connectivity index (χ3n) is 8.38. The van der Waals surface area contributed by atoms with Gasteiger partial charge in [-0.1, -0.05) is 77.4 Å². The molecule has 0 fully saturated rings. The molecule has 0 atom stereocenters. The first-order chi connectivity index (χ1) is 41.5. The first-order valence-corrected chi connectivity index (χ1v) is 26.2. The maximum Gasteiger partial charge on any atom is 1.00 e. The Kier molecular flexibility index (Phi) is 35.6. The van der Waals surface area contributed by atoms with Crippen LogP contribution >= 0.6 is 0 Å². The summed E-state index contributed by atoms with van der Waals surface area (Å²) in [6, 6.07) is 0. The van der Waals surface area contributed by atoms with Crippen LogP contribution in [0.3, 0.4) is 0 Å². The number of methoxy groups -OCH3 is 1. The van der Waals surface area contributed by atoms with E-state index in [0.29, 0.717) is 4.58 Å². The number of H-pyrrole nitrogens is 3.